The molecule has 1 saturated heterocycles. The van der Waals surface area contributed by atoms with Gasteiger partial charge in [0, 0.05) is 19.6 Å². The zero-order valence-electron chi connectivity index (χ0n) is 19.1. The molecule has 0 atom stereocenters. The zero-order valence-corrected chi connectivity index (χ0v) is 20.7. The highest BCUT2D eigenvalue weighted by Gasteiger charge is 2.29. The molecule has 180 valence electrons. The topological polar surface area (TPSA) is 108 Å². The Morgan fingerprint density at radius 1 is 1.35 bits per heavy atom. The minimum Gasteiger partial charge on any atom is -0.466 e. The van der Waals surface area contributed by atoms with Gasteiger partial charge in [0.2, 0.25) is 5.89 Å². The van der Waals surface area contributed by atoms with Gasteiger partial charge in [-0.2, -0.15) is 0 Å². The summed E-state index contributed by atoms with van der Waals surface area (Å²) in [6.07, 6.45) is 4.16. The van der Waals surface area contributed by atoms with Crippen LogP contribution in [0.25, 0.3) is 10.2 Å². The standard InChI is InChI=1S/C23H26N4O5S2/c1-4-8-27-21(29)18-14(3)12-33-19(18)25-23(27)34-13-17-24-16(11-32-17)20(28)26-9-6-15(7-10-26)22(30)31-5-2/h4,11-12,15H,1,5-10,13H2,2-3H3. The van der Waals surface area contributed by atoms with Crippen molar-refractivity contribution < 1.29 is 18.7 Å². The Bertz CT molecular complexity index is 1270. The number of carbonyl (C=O) groups is 2. The average molecular weight is 503 g/mol. The molecule has 0 aliphatic carbocycles. The number of amides is 1. The lowest BCUT2D eigenvalue weighted by atomic mass is 9.97. The van der Waals surface area contributed by atoms with Crippen molar-refractivity contribution in [2.75, 3.05) is 19.7 Å². The minimum atomic E-state index is -0.223. The van der Waals surface area contributed by atoms with Crippen molar-refractivity contribution in [2.24, 2.45) is 5.92 Å². The van der Waals surface area contributed by atoms with E-state index in [-0.39, 0.29) is 29.0 Å². The molecule has 4 heterocycles. The molecule has 0 radical (unpaired) electrons. The zero-order chi connectivity index (χ0) is 24.2. The van der Waals surface area contributed by atoms with Crippen LogP contribution in [0.15, 0.2) is 38.7 Å². The van der Waals surface area contributed by atoms with E-state index >= 15 is 0 Å². The minimum absolute atomic E-state index is 0.0966. The van der Waals surface area contributed by atoms with Crippen LogP contribution >= 0.6 is 23.1 Å². The summed E-state index contributed by atoms with van der Waals surface area (Å²) < 4.78 is 12.2. The van der Waals surface area contributed by atoms with Crippen LogP contribution < -0.4 is 5.56 Å². The molecule has 1 aliphatic rings. The van der Waals surface area contributed by atoms with Crippen LogP contribution in [0, 0.1) is 12.8 Å². The van der Waals surface area contributed by atoms with E-state index in [0.29, 0.717) is 66.1 Å². The Morgan fingerprint density at radius 2 is 2.12 bits per heavy atom. The highest BCUT2D eigenvalue weighted by Crippen LogP contribution is 2.26. The Labute approximate surface area is 204 Å². The van der Waals surface area contributed by atoms with Gasteiger partial charge in [0.1, 0.15) is 11.1 Å². The van der Waals surface area contributed by atoms with Gasteiger partial charge in [-0.15, -0.1) is 17.9 Å². The normalized spacial score (nSPS) is 14.5. The van der Waals surface area contributed by atoms with Crippen molar-refractivity contribution in [1.29, 1.82) is 0 Å². The van der Waals surface area contributed by atoms with Gasteiger partial charge in [0.25, 0.3) is 11.5 Å². The third-order valence-corrected chi connectivity index (χ3v) is 7.60. The lowest BCUT2D eigenvalue weighted by Crippen LogP contribution is -2.40. The quantitative estimate of drug-likeness (QED) is 0.199. The first-order chi connectivity index (χ1) is 16.4. The number of ether oxygens (including phenoxy) is 1. The summed E-state index contributed by atoms with van der Waals surface area (Å²) in [6.45, 7) is 9.07. The predicted molar refractivity (Wildman–Crippen MR) is 130 cm³/mol. The Balaban J connectivity index is 1.42. The van der Waals surface area contributed by atoms with E-state index in [9.17, 15) is 14.4 Å². The number of piperidine rings is 1. The van der Waals surface area contributed by atoms with Crippen LogP contribution in [0.5, 0.6) is 0 Å². The Morgan fingerprint density at radius 3 is 2.82 bits per heavy atom. The number of hydrogen-bond acceptors (Lipinski definition) is 9. The number of nitrogens with zero attached hydrogens (tertiary/aromatic N) is 4. The number of likely N-dealkylation sites (tertiary alicyclic amines) is 1. The Kier molecular flexibility index (Phi) is 7.52. The fourth-order valence-electron chi connectivity index (χ4n) is 3.88. The first-order valence-corrected chi connectivity index (χ1v) is 12.9. The second kappa shape index (κ2) is 10.6. The molecule has 3 aromatic rings. The van der Waals surface area contributed by atoms with Crippen LogP contribution in [0.3, 0.4) is 0 Å². The molecular formula is C23H26N4O5S2. The van der Waals surface area contributed by atoms with Gasteiger partial charge in [-0.05, 0) is 37.6 Å². The largest absolute Gasteiger partial charge is 0.466 e. The lowest BCUT2D eigenvalue weighted by molar-refractivity contribution is -0.149. The molecule has 0 unspecified atom stereocenters. The fourth-order valence-corrected chi connectivity index (χ4v) is 5.71. The van der Waals surface area contributed by atoms with Crippen molar-refractivity contribution in [1.82, 2.24) is 19.4 Å². The monoisotopic (exact) mass is 502 g/mol. The maximum absolute atomic E-state index is 13.0. The molecule has 0 bridgehead atoms. The first-order valence-electron chi connectivity index (χ1n) is 11.1. The smallest absolute Gasteiger partial charge is 0.309 e. The van der Waals surface area contributed by atoms with Gasteiger partial charge >= 0.3 is 5.97 Å². The summed E-state index contributed by atoms with van der Waals surface area (Å²) in [4.78, 5) is 49.1. The summed E-state index contributed by atoms with van der Waals surface area (Å²) in [5, 5.41) is 3.10. The van der Waals surface area contributed by atoms with Crippen molar-refractivity contribution in [2.45, 2.75) is 44.1 Å². The number of oxazole rings is 1. The number of aromatic nitrogens is 3. The van der Waals surface area contributed by atoms with Gasteiger partial charge in [0.05, 0.1) is 23.7 Å². The molecule has 0 spiro atoms. The second-order valence-electron chi connectivity index (χ2n) is 7.93. The maximum Gasteiger partial charge on any atom is 0.309 e. The van der Waals surface area contributed by atoms with Crippen molar-refractivity contribution in [3.63, 3.8) is 0 Å². The number of aryl methyl sites for hydroxylation is 1. The molecule has 3 aromatic heterocycles. The van der Waals surface area contributed by atoms with Gasteiger partial charge < -0.3 is 14.1 Å². The molecule has 1 fully saturated rings. The number of fused-ring (bicyclic) bond motifs is 1. The molecular weight excluding hydrogens is 476 g/mol. The van der Waals surface area contributed by atoms with Crippen LogP contribution in [0.4, 0.5) is 0 Å². The number of allylic oxidation sites excluding steroid dienone is 1. The molecule has 11 heteroatoms. The maximum atomic E-state index is 13.0. The molecule has 0 saturated carbocycles. The summed E-state index contributed by atoms with van der Waals surface area (Å²) >= 11 is 2.76. The third-order valence-electron chi connectivity index (χ3n) is 5.65. The van der Waals surface area contributed by atoms with E-state index in [4.69, 9.17) is 9.15 Å². The van der Waals surface area contributed by atoms with Gasteiger partial charge in [-0.1, -0.05) is 17.8 Å². The fraction of sp³-hybridized carbons (Fsp3) is 0.435. The molecule has 0 N–H and O–H groups in total. The molecule has 1 aliphatic heterocycles. The molecule has 4 rings (SSSR count). The molecule has 34 heavy (non-hydrogen) atoms. The first kappa shape index (κ1) is 24.2. The highest BCUT2D eigenvalue weighted by atomic mass is 32.2. The van der Waals surface area contributed by atoms with Gasteiger partial charge in [0.15, 0.2) is 10.9 Å². The molecule has 1 amide bonds. The van der Waals surface area contributed by atoms with Crippen LogP contribution in [0.2, 0.25) is 0 Å². The van der Waals surface area contributed by atoms with Crippen molar-refractivity contribution in [3.8, 4) is 0 Å². The number of hydrogen-bond donors (Lipinski definition) is 0. The summed E-state index contributed by atoms with van der Waals surface area (Å²) in [5.41, 5.74) is 1.04. The number of rotatable bonds is 8. The second-order valence-corrected chi connectivity index (χ2v) is 9.73. The molecule has 9 nitrogen and oxygen atoms in total. The van der Waals surface area contributed by atoms with Crippen LogP contribution in [-0.4, -0.2) is 51.0 Å². The summed E-state index contributed by atoms with van der Waals surface area (Å²) in [5.74, 6) is 0.0989. The summed E-state index contributed by atoms with van der Waals surface area (Å²) in [7, 11) is 0. The van der Waals surface area contributed by atoms with Gasteiger partial charge in [-0.3, -0.25) is 19.0 Å². The van der Waals surface area contributed by atoms with E-state index < -0.39 is 0 Å². The van der Waals surface area contributed by atoms with E-state index in [1.165, 1.54) is 29.4 Å². The Hall–Kier alpha value is -2.92. The van der Waals surface area contributed by atoms with Crippen LogP contribution in [0.1, 0.15) is 41.7 Å². The number of esters is 1. The third kappa shape index (κ3) is 4.95. The predicted octanol–water partition coefficient (Wildman–Crippen LogP) is 3.65. The van der Waals surface area contributed by atoms with E-state index in [1.807, 2.05) is 12.3 Å². The number of thioether (sulfide) groups is 1. The van der Waals surface area contributed by atoms with E-state index in [1.54, 1.807) is 22.5 Å². The van der Waals surface area contributed by atoms with E-state index in [2.05, 4.69) is 16.5 Å². The summed E-state index contributed by atoms with van der Waals surface area (Å²) in [6, 6.07) is 0. The highest BCUT2D eigenvalue weighted by molar-refractivity contribution is 7.98. The molecule has 0 aromatic carbocycles. The van der Waals surface area contributed by atoms with Crippen molar-refractivity contribution >= 4 is 45.2 Å². The van der Waals surface area contributed by atoms with Crippen LogP contribution in [-0.2, 0) is 21.8 Å². The SMILES string of the molecule is C=CCn1c(SCc2nc(C(=O)N3CCC(C(=O)OCC)CC3)co2)nc2scc(C)c2c1=O. The number of carbonyl (C=O) groups excluding carboxylic acids is 2. The van der Waals surface area contributed by atoms with E-state index in [0.717, 1.165) is 5.56 Å². The number of thiophene rings is 1. The lowest BCUT2D eigenvalue weighted by Gasteiger charge is -2.30. The van der Waals surface area contributed by atoms with Crippen molar-refractivity contribution in [3.05, 3.63) is 51.8 Å². The average Bonchev–Trinajstić information content (AvgIpc) is 3.46. The van der Waals surface area contributed by atoms with Gasteiger partial charge in [-0.25, -0.2) is 9.97 Å².